The molecule has 2 aromatic rings. The Morgan fingerprint density at radius 1 is 1.43 bits per heavy atom. The van der Waals surface area contributed by atoms with Gasteiger partial charge in [-0.2, -0.15) is 13.2 Å². The van der Waals surface area contributed by atoms with Crippen molar-refractivity contribution in [2.24, 2.45) is 0 Å². The second kappa shape index (κ2) is 9.56. The molecule has 188 valence electrons. The van der Waals surface area contributed by atoms with Crippen LogP contribution in [-0.4, -0.2) is 69.4 Å². The molecular weight excluding hydrogens is 471 g/mol. The molecule has 0 aliphatic carbocycles. The van der Waals surface area contributed by atoms with Gasteiger partial charge >= 0.3 is 12.3 Å². The van der Waals surface area contributed by atoms with Crippen LogP contribution in [0.5, 0.6) is 6.01 Å². The van der Waals surface area contributed by atoms with Crippen LogP contribution < -0.4 is 10.1 Å². The maximum absolute atomic E-state index is 12.8. The van der Waals surface area contributed by atoms with Gasteiger partial charge < -0.3 is 14.8 Å². The molecule has 1 saturated heterocycles. The van der Waals surface area contributed by atoms with Crippen LogP contribution in [0, 0.1) is 10.1 Å². The third-order valence-electron chi connectivity index (χ3n) is 6.07. The number of nitrogens with zero attached hydrogens (tertiary/aromatic N) is 4. The average Bonchev–Trinajstić information content (AvgIpc) is 3.35. The minimum Gasteiger partial charge on any atom is -0.449 e. The SMILES string of the molecule is CC1(C(C2CNCCN2C(=O)OCC=Cc2ccc(C(F)(F)F)cc2)[N+](=O)[O-])Cn2ccnc2O1. The molecule has 0 bridgehead atoms. The highest BCUT2D eigenvalue weighted by Crippen LogP contribution is 2.34. The Labute approximate surface area is 198 Å². The molecule has 35 heavy (non-hydrogen) atoms. The molecule has 13 heteroatoms. The molecule has 0 radical (unpaired) electrons. The molecule has 0 saturated carbocycles. The minimum atomic E-state index is -4.42. The molecule has 4 rings (SSSR count). The van der Waals surface area contributed by atoms with Crippen molar-refractivity contribution in [1.29, 1.82) is 0 Å². The van der Waals surface area contributed by atoms with Gasteiger partial charge in [-0.3, -0.25) is 19.6 Å². The molecule has 1 aromatic heterocycles. The summed E-state index contributed by atoms with van der Waals surface area (Å²) < 4.78 is 50.8. The smallest absolute Gasteiger partial charge is 0.416 e. The van der Waals surface area contributed by atoms with Gasteiger partial charge in [0.2, 0.25) is 0 Å². The lowest BCUT2D eigenvalue weighted by Crippen LogP contribution is -2.66. The number of imidazole rings is 1. The van der Waals surface area contributed by atoms with E-state index in [9.17, 15) is 28.1 Å². The number of aromatic nitrogens is 2. The maximum Gasteiger partial charge on any atom is 0.416 e. The van der Waals surface area contributed by atoms with E-state index in [1.54, 1.807) is 23.9 Å². The second-order valence-electron chi connectivity index (χ2n) is 8.55. The topological polar surface area (TPSA) is 112 Å². The van der Waals surface area contributed by atoms with E-state index in [2.05, 4.69) is 10.3 Å². The Hall–Kier alpha value is -3.61. The first-order valence-electron chi connectivity index (χ1n) is 10.9. The molecule has 2 aliphatic heterocycles. The van der Waals surface area contributed by atoms with Crippen LogP contribution in [0.2, 0.25) is 0 Å². The number of nitro groups is 1. The van der Waals surface area contributed by atoms with Crippen molar-refractivity contribution in [3.8, 4) is 6.01 Å². The summed E-state index contributed by atoms with van der Waals surface area (Å²) in [6, 6.07) is 2.74. The molecule has 1 fully saturated rings. The van der Waals surface area contributed by atoms with Crippen LogP contribution in [-0.2, 0) is 17.5 Å². The maximum atomic E-state index is 12.8. The quantitative estimate of drug-likeness (QED) is 0.485. The van der Waals surface area contributed by atoms with Gasteiger partial charge in [0.25, 0.3) is 12.1 Å². The second-order valence-corrected chi connectivity index (χ2v) is 8.55. The van der Waals surface area contributed by atoms with E-state index >= 15 is 0 Å². The third-order valence-corrected chi connectivity index (χ3v) is 6.07. The summed E-state index contributed by atoms with van der Waals surface area (Å²) in [5.74, 6) is 0. The summed E-state index contributed by atoms with van der Waals surface area (Å²) >= 11 is 0. The fourth-order valence-electron chi connectivity index (χ4n) is 4.43. The van der Waals surface area contributed by atoms with E-state index < -0.39 is 40.4 Å². The number of rotatable bonds is 6. The lowest BCUT2D eigenvalue weighted by atomic mass is 9.88. The molecule has 1 amide bonds. The van der Waals surface area contributed by atoms with E-state index in [1.165, 1.54) is 29.2 Å². The van der Waals surface area contributed by atoms with Crippen LogP contribution in [0.15, 0.2) is 42.7 Å². The number of benzene rings is 1. The van der Waals surface area contributed by atoms with Gasteiger partial charge in [0.05, 0.1) is 12.1 Å². The van der Waals surface area contributed by atoms with Crippen molar-refractivity contribution < 1.29 is 32.4 Å². The Bertz CT molecular complexity index is 1080. The van der Waals surface area contributed by atoms with Crippen LogP contribution in [0.25, 0.3) is 6.08 Å². The van der Waals surface area contributed by atoms with Crippen LogP contribution in [0.1, 0.15) is 18.1 Å². The zero-order valence-electron chi connectivity index (χ0n) is 18.8. The molecule has 3 atom stereocenters. The molecule has 3 unspecified atom stereocenters. The third kappa shape index (κ3) is 5.24. The predicted molar refractivity (Wildman–Crippen MR) is 117 cm³/mol. The van der Waals surface area contributed by atoms with Gasteiger partial charge in [0.15, 0.2) is 5.60 Å². The number of hydrogen-bond acceptors (Lipinski definition) is 7. The Balaban J connectivity index is 1.40. The number of nitrogens with one attached hydrogen (secondary N) is 1. The van der Waals surface area contributed by atoms with Gasteiger partial charge in [0.1, 0.15) is 12.6 Å². The van der Waals surface area contributed by atoms with Crippen molar-refractivity contribution >= 4 is 12.2 Å². The summed E-state index contributed by atoms with van der Waals surface area (Å²) in [7, 11) is 0. The van der Waals surface area contributed by atoms with Crippen LogP contribution in [0.4, 0.5) is 18.0 Å². The fourth-order valence-corrected chi connectivity index (χ4v) is 4.43. The predicted octanol–water partition coefficient (Wildman–Crippen LogP) is 2.82. The standard InChI is InChI=1S/C22H24F3N5O5/c1-21(14-28-10-9-27-19(28)35-21)18(30(32)33)17-13-26-8-11-29(17)20(31)34-12-2-3-15-4-6-16(7-5-15)22(23,24)25/h2-7,9-10,17-18,26H,8,11-14H2,1H3. The number of amides is 1. The number of alkyl halides is 3. The highest BCUT2D eigenvalue weighted by atomic mass is 19.4. The van der Waals surface area contributed by atoms with Crippen molar-refractivity contribution in [3.63, 3.8) is 0 Å². The van der Waals surface area contributed by atoms with Crippen molar-refractivity contribution in [1.82, 2.24) is 19.8 Å². The molecule has 1 N–H and O–H groups in total. The summed E-state index contributed by atoms with van der Waals surface area (Å²) in [4.78, 5) is 29.9. The normalized spacial score (nSPS) is 23.1. The first kappa shape index (κ1) is 24.5. The largest absolute Gasteiger partial charge is 0.449 e. The van der Waals surface area contributed by atoms with E-state index in [0.717, 1.165) is 12.1 Å². The van der Waals surface area contributed by atoms with Gasteiger partial charge in [-0.05, 0) is 30.7 Å². The summed E-state index contributed by atoms with van der Waals surface area (Å²) in [5, 5.41) is 15.2. The van der Waals surface area contributed by atoms with Gasteiger partial charge in [0, 0.05) is 37.0 Å². The van der Waals surface area contributed by atoms with E-state index in [1.807, 2.05) is 0 Å². The monoisotopic (exact) mass is 495 g/mol. The van der Waals surface area contributed by atoms with Gasteiger partial charge in [-0.1, -0.05) is 18.2 Å². The number of ether oxygens (including phenoxy) is 2. The zero-order valence-corrected chi connectivity index (χ0v) is 18.8. The zero-order chi connectivity index (χ0) is 25.2. The number of hydrogen-bond donors (Lipinski definition) is 1. The lowest BCUT2D eigenvalue weighted by molar-refractivity contribution is -0.549. The number of carbonyl (C=O) groups is 1. The molecule has 2 aliphatic rings. The van der Waals surface area contributed by atoms with Gasteiger partial charge in [-0.25, -0.2) is 9.78 Å². The molecular formula is C22H24F3N5O5. The average molecular weight is 495 g/mol. The fraction of sp³-hybridized carbons (Fsp3) is 0.455. The number of piperazine rings is 1. The molecule has 1 aromatic carbocycles. The number of halogens is 3. The number of carbonyl (C=O) groups excluding carboxylic acids is 1. The number of fused-ring (bicyclic) bond motifs is 1. The molecule has 10 nitrogen and oxygen atoms in total. The Morgan fingerprint density at radius 3 is 2.83 bits per heavy atom. The first-order valence-corrected chi connectivity index (χ1v) is 10.9. The van der Waals surface area contributed by atoms with Crippen molar-refractivity contribution in [3.05, 3.63) is 64.0 Å². The van der Waals surface area contributed by atoms with Crippen molar-refractivity contribution in [2.45, 2.75) is 37.3 Å². The highest BCUT2D eigenvalue weighted by Gasteiger charge is 2.57. The highest BCUT2D eigenvalue weighted by molar-refractivity contribution is 5.68. The van der Waals surface area contributed by atoms with Crippen molar-refractivity contribution in [2.75, 3.05) is 26.2 Å². The minimum absolute atomic E-state index is 0.150. The first-order chi connectivity index (χ1) is 16.6. The van der Waals surface area contributed by atoms with Crippen LogP contribution in [0.3, 0.4) is 0 Å². The summed E-state index contributed by atoms with van der Waals surface area (Å²) in [6.07, 6.45) is 1.09. The van der Waals surface area contributed by atoms with E-state index in [0.29, 0.717) is 12.1 Å². The lowest BCUT2D eigenvalue weighted by Gasteiger charge is -2.40. The molecule has 0 spiro atoms. The molecule has 3 heterocycles. The summed E-state index contributed by atoms with van der Waals surface area (Å²) in [6.45, 7) is 2.52. The Kier molecular flexibility index (Phi) is 6.70. The van der Waals surface area contributed by atoms with Crippen LogP contribution >= 0.6 is 0 Å². The van der Waals surface area contributed by atoms with Gasteiger partial charge in [-0.15, -0.1) is 0 Å². The Morgan fingerprint density at radius 2 is 2.17 bits per heavy atom. The summed E-state index contributed by atoms with van der Waals surface area (Å²) in [5.41, 5.74) is -1.47. The van der Waals surface area contributed by atoms with E-state index in [4.69, 9.17) is 9.47 Å². The van der Waals surface area contributed by atoms with E-state index in [-0.39, 0.29) is 32.3 Å².